The summed E-state index contributed by atoms with van der Waals surface area (Å²) in [5, 5.41) is 10.8. The Hall–Kier alpha value is -1.22. The summed E-state index contributed by atoms with van der Waals surface area (Å²) in [4.78, 5) is 24.0. The van der Waals surface area contributed by atoms with Crippen molar-refractivity contribution < 1.29 is 14.7 Å². The van der Waals surface area contributed by atoms with Gasteiger partial charge in [-0.25, -0.2) is 0 Å². The van der Waals surface area contributed by atoms with Crippen molar-refractivity contribution in [2.24, 2.45) is 34.5 Å². The minimum Gasteiger partial charge on any atom is -0.393 e. The Balaban J connectivity index is 1.72. The molecule has 0 radical (unpaired) electrons. The maximum Gasteiger partial charge on any atom is 0.178 e. The zero-order valence-corrected chi connectivity index (χ0v) is 14.9. The van der Waals surface area contributed by atoms with Crippen LogP contribution in [0.4, 0.5) is 0 Å². The van der Waals surface area contributed by atoms with Gasteiger partial charge in [0.25, 0.3) is 0 Å². The molecule has 3 saturated carbocycles. The maximum atomic E-state index is 12.2. The molecule has 3 heteroatoms. The highest BCUT2D eigenvalue weighted by atomic mass is 16.3. The number of aliphatic hydroxyl groups excluding tert-OH is 1. The Kier molecular flexibility index (Phi) is 3.48. The first-order valence-electron chi connectivity index (χ1n) is 9.40. The molecule has 0 bridgehead atoms. The summed E-state index contributed by atoms with van der Waals surface area (Å²) in [5.74, 6) is 1.49. The Labute approximate surface area is 144 Å². The summed E-state index contributed by atoms with van der Waals surface area (Å²) < 4.78 is 0. The lowest BCUT2D eigenvalue weighted by Gasteiger charge is -2.57. The summed E-state index contributed by atoms with van der Waals surface area (Å²) in [6.07, 6.45) is 10.0. The summed E-state index contributed by atoms with van der Waals surface area (Å²) in [5.41, 5.74) is 1.17. The maximum absolute atomic E-state index is 12.2. The van der Waals surface area contributed by atoms with Crippen molar-refractivity contribution in [3.8, 4) is 0 Å². The van der Waals surface area contributed by atoms with Crippen LogP contribution in [0.25, 0.3) is 0 Å². The van der Waals surface area contributed by atoms with Gasteiger partial charge in [-0.2, -0.15) is 0 Å². The fourth-order valence-electron chi connectivity index (χ4n) is 6.89. The Morgan fingerprint density at radius 2 is 2.04 bits per heavy atom. The van der Waals surface area contributed by atoms with Crippen LogP contribution in [0.5, 0.6) is 0 Å². The van der Waals surface area contributed by atoms with E-state index in [0.717, 1.165) is 25.7 Å². The molecule has 7 unspecified atom stereocenters. The number of carbonyl (C=O) groups is 2. The molecule has 3 nitrogen and oxygen atoms in total. The van der Waals surface area contributed by atoms with Gasteiger partial charge in [0.1, 0.15) is 5.78 Å². The van der Waals surface area contributed by atoms with Gasteiger partial charge >= 0.3 is 0 Å². The second kappa shape index (κ2) is 5.14. The molecule has 1 N–H and O–H groups in total. The standard InChI is InChI=1S/C21H28O3/c1-12(22)17-11-18(24)19-15-5-4-13-10-14(23)6-8-20(13,2)16(15)7-9-21(17,19)3/h6,8,10,15-19,24H,4-5,7,9,11H2,1-3H3. The molecule has 7 atom stereocenters. The zero-order valence-electron chi connectivity index (χ0n) is 14.9. The fraction of sp³-hybridized carbons (Fsp3) is 0.714. The molecule has 0 saturated heterocycles. The van der Waals surface area contributed by atoms with Crippen molar-refractivity contribution in [1.29, 1.82) is 0 Å². The van der Waals surface area contributed by atoms with Gasteiger partial charge < -0.3 is 5.11 Å². The third-order valence-corrected chi connectivity index (χ3v) is 8.03. The van der Waals surface area contributed by atoms with E-state index in [0.29, 0.717) is 18.3 Å². The van der Waals surface area contributed by atoms with Gasteiger partial charge in [0, 0.05) is 11.3 Å². The van der Waals surface area contributed by atoms with Crippen LogP contribution in [0.1, 0.15) is 52.9 Å². The van der Waals surface area contributed by atoms with Gasteiger partial charge in [0.05, 0.1) is 6.10 Å². The molecule has 4 rings (SSSR count). The highest BCUT2D eigenvalue weighted by Gasteiger charge is 2.62. The fourth-order valence-corrected chi connectivity index (χ4v) is 6.89. The van der Waals surface area contributed by atoms with Crippen molar-refractivity contribution in [1.82, 2.24) is 0 Å². The summed E-state index contributed by atoms with van der Waals surface area (Å²) >= 11 is 0. The molecule has 4 aliphatic carbocycles. The van der Waals surface area contributed by atoms with Gasteiger partial charge in [0.15, 0.2) is 5.78 Å². The molecule has 0 heterocycles. The van der Waals surface area contributed by atoms with Crippen molar-refractivity contribution >= 4 is 11.6 Å². The monoisotopic (exact) mass is 328 g/mol. The van der Waals surface area contributed by atoms with Crippen LogP contribution in [0.3, 0.4) is 0 Å². The molecule has 4 aliphatic rings. The van der Waals surface area contributed by atoms with Gasteiger partial charge in [-0.3, -0.25) is 9.59 Å². The lowest BCUT2D eigenvalue weighted by molar-refractivity contribution is -0.128. The Morgan fingerprint density at radius 1 is 1.29 bits per heavy atom. The van der Waals surface area contributed by atoms with Crippen molar-refractivity contribution in [2.75, 3.05) is 0 Å². The normalized spacial score (nSPS) is 49.9. The van der Waals surface area contributed by atoms with E-state index in [1.807, 2.05) is 6.08 Å². The number of rotatable bonds is 1. The van der Waals surface area contributed by atoms with Crippen molar-refractivity contribution in [2.45, 2.75) is 59.0 Å². The number of fused-ring (bicyclic) bond motifs is 5. The van der Waals surface area contributed by atoms with E-state index in [9.17, 15) is 14.7 Å². The van der Waals surface area contributed by atoms with Gasteiger partial charge in [-0.1, -0.05) is 25.5 Å². The highest BCUT2D eigenvalue weighted by molar-refractivity contribution is 6.01. The minimum absolute atomic E-state index is 0.00618. The average Bonchev–Trinajstić information content (AvgIpc) is 2.80. The Morgan fingerprint density at radius 3 is 2.75 bits per heavy atom. The molecular formula is C21H28O3. The molecular weight excluding hydrogens is 300 g/mol. The molecule has 0 spiro atoms. The van der Waals surface area contributed by atoms with Gasteiger partial charge in [0.2, 0.25) is 0 Å². The molecule has 130 valence electrons. The lowest BCUT2D eigenvalue weighted by Crippen LogP contribution is -2.52. The van der Waals surface area contributed by atoms with Crippen LogP contribution in [-0.4, -0.2) is 22.8 Å². The highest BCUT2D eigenvalue weighted by Crippen LogP contribution is 2.65. The van der Waals surface area contributed by atoms with Crippen LogP contribution >= 0.6 is 0 Å². The second-order valence-corrected chi connectivity index (χ2v) is 9.03. The predicted molar refractivity (Wildman–Crippen MR) is 92.2 cm³/mol. The third-order valence-electron chi connectivity index (χ3n) is 8.03. The number of Topliss-reactive ketones (excluding diaryl/α,β-unsaturated/α-hetero) is 1. The first kappa shape index (κ1) is 16.3. The number of aliphatic hydroxyl groups is 1. The number of carbonyl (C=O) groups excluding carboxylic acids is 2. The van der Waals surface area contributed by atoms with Crippen LogP contribution in [0, 0.1) is 34.5 Å². The van der Waals surface area contributed by atoms with Crippen LogP contribution in [0.2, 0.25) is 0 Å². The van der Waals surface area contributed by atoms with Gasteiger partial charge in [-0.05, 0) is 74.3 Å². The molecule has 24 heavy (non-hydrogen) atoms. The number of hydrogen-bond donors (Lipinski definition) is 1. The third kappa shape index (κ3) is 2.00. The zero-order chi connectivity index (χ0) is 17.3. The summed E-state index contributed by atoms with van der Waals surface area (Å²) in [6.45, 7) is 6.20. The lowest BCUT2D eigenvalue weighted by atomic mass is 9.47. The number of ketones is 2. The number of hydrogen-bond acceptors (Lipinski definition) is 3. The molecule has 3 fully saturated rings. The topological polar surface area (TPSA) is 54.4 Å². The molecule has 0 aromatic carbocycles. The van der Waals surface area contributed by atoms with E-state index in [2.05, 4.69) is 19.9 Å². The molecule has 0 amide bonds. The first-order valence-corrected chi connectivity index (χ1v) is 9.40. The van der Waals surface area contributed by atoms with E-state index in [1.54, 1.807) is 13.0 Å². The number of allylic oxidation sites excluding steroid dienone is 4. The average molecular weight is 328 g/mol. The molecule has 0 aromatic heterocycles. The predicted octanol–water partition coefficient (Wildman–Crippen LogP) is 3.47. The van der Waals surface area contributed by atoms with Crippen LogP contribution in [-0.2, 0) is 9.59 Å². The van der Waals surface area contributed by atoms with E-state index in [-0.39, 0.29) is 40.3 Å². The van der Waals surface area contributed by atoms with Crippen LogP contribution < -0.4 is 0 Å². The largest absolute Gasteiger partial charge is 0.393 e. The van der Waals surface area contributed by atoms with Crippen molar-refractivity contribution in [3.63, 3.8) is 0 Å². The quantitative estimate of drug-likeness (QED) is 0.802. The SMILES string of the molecule is CC(=O)C1CC(O)C2C3CCC4=CC(=O)C=CC4(C)C3CCC12C. The first-order chi connectivity index (χ1) is 11.3. The summed E-state index contributed by atoms with van der Waals surface area (Å²) in [7, 11) is 0. The second-order valence-electron chi connectivity index (χ2n) is 9.03. The minimum atomic E-state index is -0.361. The van der Waals surface area contributed by atoms with E-state index in [4.69, 9.17) is 0 Å². The van der Waals surface area contributed by atoms with Gasteiger partial charge in [-0.15, -0.1) is 0 Å². The molecule has 0 aromatic rings. The van der Waals surface area contributed by atoms with E-state index in [1.165, 1.54) is 5.57 Å². The Bertz CT molecular complexity index is 660. The van der Waals surface area contributed by atoms with E-state index < -0.39 is 0 Å². The summed E-state index contributed by atoms with van der Waals surface area (Å²) in [6, 6.07) is 0. The van der Waals surface area contributed by atoms with Crippen molar-refractivity contribution in [3.05, 3.63) is 23.8 Å². The smallest absolute Gasteiger partial charge is 0.178 e. The van der Waals surface area contributed by atoms with E-state index >= 15 is 0 Å². The molecule has 0 aliphatic heterocycles. The van der Waals surface area contributed by atoms with Crippen LogP contribution in [0.15, 0.2) is 23.8 Å².